The highest BCUT2D eigenvalue weighted by molar-refractivity contribution is 5.84. The molecule has 0 radical (unpaired) electrons. The lowest BCUT2D eigenvalue weighted by Gasteiger charge is -2.54. The summed E-state index contributed by atoms with van der Waals surface area (Å²) >= 11 is 0. The van der Waals surface area contributed by atoms with Crippen LogP contribution in [0.3, 0.4) is 0 Å². The van der Waals surface area contributed by atoms with Crippen LogP contribution in [0.25, 0.3) is 11.0 Å². The number of benzene rings is 1. The average Bonchev–Trinajstić information content (AvgIpc) is 3.12. The van der Waals surface area contributed by atoms with Crippen LogP contribution < -0.4 is 15.8 Å². The van der Waals surface area contributed by atoms with Crippen molar-refractivity contribution < 1.29 is 19.4 Å². The quantitative estimate of drug-likeness (QED) is 0.452. The van der Waals surface area contributed by atoms with E-state index in [1.54, 1.807) is 20.8 Å². The van der Waals surface area contributed by atoms with Crippen LogP contribution >= 0.6 is 0 Å². The summed E-state index contributed by atoms with van der Waals surface area (Å²) in [5.74, 6) is 0.777. The number of fused-ring (bicyclic) bond motifs is 5. The number of ether oxygens (including phenoxy) is 1. The minimum Gasteiger partial charge on any atom is -0.480 e. The molecule has 2 saturated carbocycles. The Kier molecular flexibility index (Phi) is 8.07. The van der Waals surface area contributed by atoms with Crippen molar-refractivity contribution in [3.05, 3.63) is 34.6 Å². The number of hydrogen-bond acceptors (Lipinski definition) is 7. The molecule has 5 aliphatic rings. The Bertz CT molecular complexity index is 1470. The fraction of sp³-hybridized carbons (Fsp3) is 0.714. The summed E-state index contributed by atoms with van der Waals surface area (Å²) in [4.78, 5) is 48.5. The zero-order chi connectivity index (χ0) is 31.5. The summed E-state index contributed by atoms with van der Waals surface area (Å²) < 4.78 is 7.30. The number of alkyl carbamates (subject to hydrolysis) is 1. The van der Waals surface area contributed by atoms with Crippen molar-refractivity contribution >= 4 is 28.9 Å². The van der Waals surface area contributed by atoms with Gasteiger partial charge in [-0.2, -0.15) is 0 Å². The summed E-state index contributed by atoms with van der Waals surface area (Å²) in [5, 5.41) is 12.9. The van der Waals surface area contributed by atoms with E-state index in [-0.39, 0.29) is 24.0 Å². The number of aromatic nitrogens is 2. The molecule has 1 aromatic carbocycles. The molecule has 7 atom stereocenters. The number of amides is 1. The molecular weight excluding hydrogens is 570 g/mol. The van der Waals surface area contributed by atoms with E-state index < -0.39 is 29.7 Å². The average molecular weight is 620 g/mol. The van der Waals surface area contributed by atoms with Gasteiger partial charge in [0.2, 0.25) is 0 Å². The minimum absolute atomic E-state index is 0.0295. The molecule has 1 amide bonds. The Morgan fingerprint density at radius 2 is 1.56 bits per heavy atom. The van der Waals surface area contributed by atoms with Gasteiger partial charge in [0.25, 0.3) is 5.56 Å². The van der Waals surface area contributed by atoms with Crippen molar-refractivity contribution in [2.45, 2.75) is 140 Å². The van der Waals surface area contributed by atoms with Gasteiger partial charge >= 0.3 is 12.1 Å². The number of carbonyl (C=O) groups is 2. The van der Waals surface area contributed by atoms with Gasteiger partial charge in [0.15, 0.2) is 11.9 Å². The lowest BCUT2D eigenvalue weighted by atomic mass is 9.73. The molecule has 2 unspecified atom stereocenters. The van der Waals surface area contributed by atoms with Gasteiger partial charge in [-0.05, 0) is 89.7 Å². The molecule has 45 heavy (non-hydrogen) atoms. The highest BCUT2D eigenvalue weighted by Gasteiger charge is 2.49. The van der Waals surface area contributed by atoms with Gasteiger partial charge in [0.1, 0.15) is 5.60 Å². The third-order valence-electron chi connectivity index (χ3n) is 11.3. The fourth-order valence-corrected chi connectivity index (χ4v) is 9.61. The molecule has 0 spiro atoms. The first-order valence-corrected chi connectivity index (χ1v) is 17.3. The number of hydrogen-bond donors (Lipinski definition) is 2. The first-order chi connectivity index (χ1) is 21.6. The van der Waals surface area contributed by atoms with Gasteiger partial charge in [0.05, 0.1) is 17.1 Å². The molecule has 10 nitrogen and oxygen atoms in total. The highest BCUT2D eigenvalue weighted by atomic mass is 16.6. The minimum atomic E-state index is -1.11. The normalized spacial score (nSPS) is 33.6. The van der Waals surface area contributed by atoms with E-state index in [2.05, 4.69) is 10.2 Å². The van der Waals surface area contributed by atoms with Crippen molar-refractivity contribution in [3.8, 4) is 0 Å². The zero-order valence-corrected chi connectivity index (χ0v) is 27.0. The van der Waals surface area contributed by atoms with Crippen molar-refractivity contribution in [1.29, 1.82) is 0 Å². The molecule has 5 fully saturated rings. The molecule has 2 aromatic rings. The monoisotopic (exact) mass is 619 g/mol. The molecule has 4 bridgehead atoms. The van der Waals surface area contributed by atoms with E-state index in [4.69, 9.17) is 9.72 Å². The van der Waals surface area contributed by atoms with Crippen LogP contribution in [0.15, 0.2) is 29.1 Å². The number of carboxylic acid groups (broad SMARTS) is 1. The van der Waals surface area contributed by atoms with Crippen molar-refractivity contribution in [2.24, 2.45) is 11.8 Å². The van der Waals surface area contributed by atoms with Crippen molar-refractivity contribution in [1.82, 2.24) is 19.8 Å². The standard InChI is InChI=1S/C35H49N5O5/c1-35(2,3)45-34(44)37-28-20-38(30(28)33(42)43)31-32(41)40(29-14-7-6-13-27(29)36-31)26-18-23-11-8-12-24(19-26)39(23)25-16-21-9-4-5-10-22(15-21)17-25/h6-7,13-14,21-26,28,30H,4-5,8-12,15-20H2,1-3H3,(H,37,44)(H,42,43)/t21?,22?,23-,24+,25?,26+,28-,30+/m1/s1. The first kappa shape index (κ1) is 30.5. The van der Waals surface area contributed by atoms with E-state index in [0.717, 1.165) is 30.2 Å². The largest absolute Gasteiger partial charge is 0.480 e. The summed E-state index contributed by atoms with van der Waals surface area (Å²) in [6.45, 7) is 5.45. The molecule has 244 valence electrons. The Hall–Kier alpha value is -3.14. The third-order valence-corrected chi connectivity index (χ3v) is 11.3. The van der Waals surface area contributed by atoms with Crippen molar-refractivity contribution in [3.63, 3.8) is 0 Å². The van der Waals surface area contributed by atoms with Crippen LogP contribution in [0.5, 0.6) is 0 Å². The van der Waals surface area contributed by atoms with E-state index in [1.807, 2.05) is 28.8 Å². The summed E-state index contributed by atoms with van der Waals surface area (Å²) in [7, 11) is 0. The number of anilines is 1. The maximum absolute atomic E-state index is 14.4. The number of nitrogens with zero attached hydrogens (tertiary/aromatic N) is 4. The van der Waals surface area contributed by atoms with Gasteiger partial charge in [0, 0.05) is 30.7 Å². The first-order valence-electron chi connectivity index (χ1n) is 17.3. The Morgan fingerprint density at radius 3 is 2.20 bits per heavy atom. The number of nitrogens with one attached hydrogen (secondary N) is 1. The lowest BCUT2D eigenvalue weighted by Crippen LogP contribution is -2.71. The smallest absolute Gasteiger partial charge is 0.408 e. The SMILES string of the molecule is CC(C)(C)OC(=O)N[C@@H]1CN(c2nc3ccccc3n([C@H]3C[C@H]4CCC[C@@H](C3)N4C3CC4CCCCC(C4)C3)c2=O)[C@@H]1C(=O)O. The topological polar surface area (TPSA) is 117 Å². The fourth-order valence-electron chi connectivity index (χ4n) is 9.61. The Morgan fingerprint density at radius 1 is 0.889 bits per heavy atom. The number of aliphatic carboxylic acids is 1. The molecule has 3 saturated heterocycles. The number of piperidine rings is 2. The molecule has 7 rings (SSSR count). The third kappa shape index (κ3) is 5.95. The second-order valence-electron chi connectivity index (χ2n) is 15.5. The molecule has 10 heteroatoms. The summed E-state index contributed by atoms with van der Waals surface area (Å²) in [6, 6.07) is 7.55. The Labute approximate surface area is 265 Å². The number of carbonyl (C=O) groups excluding carboxylic acids is 1. The molecule has 2 aliphatic carbocycles. The molecule has 4 heterocycles. The van der Waals surface area contributed by atoms with Gasteiger partial charge < -0.3 is 24.6 Å². The van der Waals surface area contributed by atoms with Crippen molar-refractivity contribution in [2.75, 3.05) is 11.4 Å². The maximum atomic E-state index is 14.4. The molecule has 2 N–H and O–H groups in total. The Balaban J connectivity index is 1.17. The predicted molar refractivity (Wildman–Crippen MR) is 173 cm³/mol. The molecule has 1 aromatic heterocycles. The summed E-state index contributed by atoms with van der Waals surface area (Å²) in [5.41, 5.74) is 0.546. The number of para-hydroxylation sites is 2. The van der Waals surface area contributed by atoms with Crippen LogP contribution in [0.1, 0.15) is 104 Å². The zero-order valence-electron chi connectivity index (χ0n) is 27.0. The van der Waals surface area contributed by atoms with Crippen LogP contribution in [-0.2, 0) is 9.53 Å². The van der Waals surface area contributed by atoms with Crippen LogP contribution in [0, 0.1) is 11.8 Å². The van der Waals surface area contributed by atoms with Gasteiger partial charge in [-0.25, -0.2) is 14.6 Å². The molecule has 3 aliphatic heterocycles. The van der Waals surface area contributed by atoms with Gasteiger partial charge in [-0.15, -0.1) is 0 Å². The number of rotatable bonds is 5. The lowest BCUT2D eigenvalue weighted by molar-refractivity contribution is -0.140. The molecular formula is C35H49N5O5. The van der Waals surface area contributed by atoms with Crippen LogP contribution in [-0.4, -0.2) is 74.0 Å². The maximum Gasteiger partial charge on any atom is 0.408 e. The van der Waals surface area contributed by atoms with Gasteiger partial charge in [-0.1, -0.05) is 44.2 Å². The van der Waals surface area contributed by atoms with E-state index in [9.17, 15) is 19.5 Å². The highest BCUT2D eigenvalue weighted by Crippen LogP contribution is 2.47. The van der Waals surface area contributed by atoms with E-state index in [1.165, 1.54) is 69.1 Å². The summed E-state index contributed by atoms with van der Waals surface area (Å²) in [6.07, 6.45) is 14.4. The van der Waals surface area contributed by atoms with Crippen LogP contribution in [0.2, 0.25) is 0 Å². The second-order valence-corrected chi connectivity index (χ2v) is 15.5. The predicted octanol–water partition coefficient (Wildman–Crippen LogP) is 5.48. The van der Waals surface area contributed by atoms with E-state index >= 15 is 0 Å². The van der Waals surface area contributed by atoms with Crippen LogP contribution in [0.4, 0.5) is 10.6 Å². The van der Waals surface area contributed by atoms with E-state index in [0.29, 0.717) is 23.6 Å². The number of carboxylic acids is 1. The van der Waals surface area contributed by atoms with Gasteiger partial charge in [-0.3, -0.25) is 9.69 Å². The second kappa shape index (κ2) is 11.9.